The van der Waals surface area contributed by atoms with E-state index in [0.29, 0.717) is 28.2 Å². The minimum Gasteiger partial charge on any atom is -0.491 e. The Hall–Kier alpha value is -3.62. The predicted octanol–water partition coefficient (Wildman–Crippen LogP) is 3.34. The molecule has 0 amide bonds. The first kappa shape index (κ1) is 16.8. The van der Waals surface area contributed by atoms with Gasteiger partial charge in [-0.2, -0.15) is 14.5 Å². The Morgan fingerprint density at radius 1 is 1.11 bits per heavy atom. The number of aromatic nitrogens is 5. The van der Waals surface area contributed by atoms with E-state index in [2.05, 4.69) is 20.2 Å². The molecule has 3 heterocycles. The maximum absolute atomic E-state index is 13.9. The molecule has 0 aliphatic heterocycles. The molecule has 1 aromatic carbocycles. The van der Waals surface area contributed by atoms with Gasteiger partial charge in [-0.1, -0.05) is 17.3 Å². The number of benzene rings is 1. The van der Waals surface area contributed by atoms with E-state index in [4.69, 9.17) is 4.52 Å². The highest BCUT2D eigenvalue weighted by molar-refractivity contribution is 5.62. The summed E-state index contributed by atoms with van der Waals surface area (Å²) < 4.78 is 33.6. The number of aryl methyl sites for hydroxylation is 1. The standard InChI is InChI=1S/C18H13F2N5O2/c1-10-2-3-11(6-12(10)19)9-25-16(14-4-5-27-24-14)7-15(23-25)17-21-8-13(20)18(26)22-17/h2-8H,9H2,1H3,(H,21,22,26). The van der Waals surface area contributed by atoms with Gasteiger partial charge >= 0.3 is 0 Å². The largest absolute Gasteiger partial charge is 0.491 e. The molecule has 4 rings (SSSR count). The summed E-state index contributed by atoms with van der Waals surface area (Å²) in [7, 11) is 0. The Morgan fingerprint density at radius 3 is 2.67 bits per heavy atom. The maximum Gasteiger partial charge on any atom is 0.251 e. The van der Waals surface area contributed by atoms with Crippen molar-refractivity contribution in [2.45, 2.75) is 13.5 Å². The number of halogens is 2. The van der Waals surface area contributed by atoms with Crippen LogP contribution >= 0.6 is 0 Å². The Morgan fingerprint density at radius 2 is 1.96 bits per heavy atom. The Labute approximate surface area is 151 Å². The average molecular weight is 369 g/mol. The summed E-state index contributed by atoms with van der Waals surface area (Å²) in [5.41, 5.74) is 2.63. The second kappa shape index (κ2) is 6.60. The van der Waals surface area contributed by atoms with Crippen molar-refractivity contribution in [2.24, 2.45) is 0 Å². The lowest BCUT2D eigenvalue weighted by molar-refractivity contribution is 0.409. The normalized spacial score (nSPS) is 11.1. The van der Waals surface area contributed by atoms with Gasteiger partial charge in [0.25, 0.3) is 5.88 Å². The zero-order valence-electron chi connectivity index (χ0n) is 14.1. The molecule has 4 aromatic rings. The summed E-state index contributed by atoms with van der Waals surface area (Å²) in [5, 5.41) is 17.8. The third-order valence-corrected chi connectivity index (χ3v) is 4.00. The third kappa shape index (κ3) is 3.26. The van der Waals surface area contributed by atoms with Gasteiger partial charge in [0, 0.05) is 6.07 Å². The van der Waals surface area contributed by atoms with Crippen molar-refractivity contribution in [3.05, 3.63) is 65.6 Å². The van der Waals surface area contributed by atoms with Crippen LogP contribution in [0.2, 0.25) is 0 Å². The molecule has 0 bridgehead atoms. The predicted molar refractivity (Wildman–Crippen MR) is 90.6 cm³/mol. The van der Waals surface area contributed by atoms with Gasteiger partial charge < -0.3 is 9.63 Å². The number of hydrogen-bond acceptors (Lipinski definition) is 6. The van der Waals surface area contributed by atoms with Crippen molar-refractivity contribution in [2.75, 3.05) is 0 Å². The number of aromatic hydroxyl groups is 1. The van der Waals surface area contributed by atoms with Gasteiger partial charge in [-0.05, 0) is 30.2 Å². The topological polar surface area (TPSA) is 89.9 Å². The van der Waals surface area contributed by atoms with Crippen molar-refractivity contribution in [3.8, 4) is 28.8 Å². The molecule has 0 unspecified atom stereocenters. The second-order valence-electron chi connectivity index (χ2n) is 5.91. The molecule has 0 atom stereocenters. The molecule has 3 aromatic heterocycles. The fourth-order valence-electron chi connectivity index (χ4n) is 2.59. The zero-order valence-corrected chi connectivity index (χ0v) is 14.1. The van der Waals surface area contributed by atoms with Crippen LogP contribution in [0.5, 0.6) is 5.88 Å². The fraction of sp³-hybridized carbons (Fsp3) is 0.111. The molecule has 1 N–H and O–H groups in total. The summed E-state index contributed by atoms with van der Waals surface area (Å²) in [6, 6.07) is 8.20. The number of hydrogen-bond donors (Lipinski definition) is 1. The third-order valence-electron chi connectivity index (χ3n) is 4.00. The van der Waals surface area contributed by atoms with Crippen LogP contribution in [0.3, 0.4) is 0 Å². The van der Waals surface area contributed by atoms with Gasteiger partial charge in [0.05, 0.1) is 18.4 Å². The first-order valence-corrected chi connectivity index (χ1v) is 7.97. The van der Waals surface area contributed by atoms with Crippen molar-refractivity contribution in [1.82, 2.24) is 24.9 Å². The van der Waals surface area contributed by atoms with Crippen molar-refractivity contribution in [3.63, 3.8) is 0 Å². The molecule has 0 saturated carbocycles. The fourth-order valence-corrected chi connectivity index (χ4v) is 2.59. The molecule has 0 aliphatic carbocycles. The molecule has 0 spiro atoms. The lowest BCUT2D eigenvalue weighted by Gasteiger charge is -2.07. The molecule has 0 fully saturated rings. The average Bonchev–Trinajstić information content (AvgIpc) is 3.30. The van der Waals surface area contributed by atoms with Crippen LogP contribution in [0.1, 0.15) is 11.1 Å². The zero-order chi connectivity index (χ0) is 19.0. The Balaban J connectivity index is 1.78. The van der Waals surface area contributed by atoms with Crippen molar-refractivity contribution in [1.29, 1.82) is 0 Å². The molecule has 9 heteroatoms. The second-order valence-corrected chi connectivity index (χ2v) is 5.91. The quantitative estimate of drug-likeness (QED) is 0.593. The van der Waals surface area contributed by atoms with Crippen LogP contribution < -0.4 is 0 Å². The molecule has 0 aliphatic rings. The summed E-state index contributed by atoms with van der Waals surface area (Å²) in [5.74, 6) is -1.95. The van der Waals surface area contributed by atoms with Crippen LogP contribution in [0.4, 0.5) is 8.78 Å². The first-order valence-electron chi connectivity index (χ1n) is 7.97. The van der Waals surface area contributed by atoms with E-state index in [0.717, 1.165) is 6.20 Å². The van der Waals surface area contributed by atoms with E-state index in [1.807, 2.05) is 0 Å². The summed E-state index contributed by atoms with van der Waals surface area (Å²) in [6.07, 6.45) is 2.28. The lowest BCUT2D eigenvalue weighted by atomic mass is 10.1. The Bertz CT molecular complexity index is 1110. The molecule has 27 heavy (non-hydrogen) atoms. The minimum absolute atomic E-state index is 0.0486. The highest BCUT2D eigenvalue weighted by Gasteiger charge is 2.17. The highest BCUT2D eigenvalue weighted by atomic mass is 19.1. The van der Waals surface area contributed by atoms with Crippen LogP contribution in [-0.2, 0) is 6.54 Å². The maximum atomic E-state index is 13.9. The van der Waals surface area contributed by atoms with Gasteiger partial charge in [0.15, 0.2) is 5.82 Å². The Kier molecular flexibility index (Phi) is 4.11. The number of nitrogens with zero attached hydrogens (tertiary/aromatic N) is 5. The highest BCUT2D eigenvalue weighted by Crippen LogP contribution is 2.25. The monoisotopic (exact) mass is 369 g/mol. The van der Waals surface area contributed by atoms with E-state index in [-0.39, 0.29) is 18.2 Å². The van der Waals surface area contributed by atoms with Crippen molar-refractivity contribution >= 4 is 0 Å². The van der Waals surface area contributed by atoms with Gasteiger partial charge in [-0.3, -0.25) is 4.68 Å². The van der Waals surface area contributed by atoms with Crippen LogP contribution in [0.15, 0.2) is 47.3 Å². The molecular weight excluding hydrogens is 356 g/mol. The van der Waals surface area contributed by atoms with Gasteiger partial charge in [-0.25, -0.2) is 9.37 Å². The molecule has 0 saturated heterocycles. The molecule has 7 nitrogen and oxygen atoms in total. The number of rotatable bonds is 4. The summed E-state index contributed by atoms with van der Waals surface area (Å²) in [4.78, 5) is 7.55. The van der Waals surface area contributed by atoms with E-state index in [1.54, 1.807) is 35.9 Å². The first-order chi connectivity index (χ1) is 13.0. The van der Waals surface area contributed by atoms with E-state index >= 15 is 0 Å². The molecule has 136 valence electrons. The molecular formula is C18H13F2N5O2. The summed E-state index contributed by atoms with van der Waals surface area (Å²) >= 11 is 0. The smallest absolute Gasteiger partial charge is 0.251 e. The van der Waals surface area contributed by atoms with Crippen molar-refractivity contribution < 1.29 is 18.4 Å². The minimum atomic E-state index is -0.926. The molecule has 0 radical (unpaired) electrons. The van der Waals surface area contributed by atoms with E-state index < -0.39 is 11.7 Å². The lowest BCUT2D eigenvalue weighted by Crippen LogP contribution is -2.05. The van der Waals surface area contributed by atoms with Gasteiger partial charge in [-0.15, -0.1) is 0 Å². The van der Waals surface area contributed by atoms with Crippen LogP contribution in [0, 0.1) is 18.6 Å². The summed E-state index contributed by atoms with van der Waals surface area (Å²) in [6.45, 7) is 1.94. The van der Waals surface area contributed by atoms with Crippen LogP contribution in [0.25, 0.3) is 22.9 Å². The van der Waals surface area contributed by atoms with E-state index in [1.165, 1.54) is 12.3 Å². The van der Waals surface area contributed by atoms with E-state index in [9.17, 15) is 13.9 Å². The van der Waals surface area contributed by atoms with Gasteiger partial charge in [0.1, 0.15) is 23.5 Å². The van der Waals surface area contributed by atoms with Gasteiger partial charge in [0.2, 0.25) is 5.82 Å². The SMILES string of the molecule is Cc1ccc(Cn2nc(-c3ncc(F)c(O)n3)cc2-c2ccon2)cc1F. The van der Waals surface area contributed by atoms with Crippen LogP contribution in [-0.4, -0.2) is 30.0 Å².